The second kappa shape index (κ2) is 7.17. The SMILES string of the molecule is CC(NC(=O)CN1C(=O)CNC1=O)c1ccccc1-c1ccccc1. The lowest BCUT2D eigenvalue weighted by molar-refractivity contribution is -0.130. The van der Waals surface area contributed by atoms with Crippen molar-refractivity contribution in [3.8, 4) is 11.1 Å². The van der Waals surface area contributed by atoms with Gasteiger partial charge in [-0.3, -0.25) is 14.5 Å². The Labute approximate surface area is 145 Å². The number of nitrogens with zero attached hydrogens (tertiary/aromatic N) is 1. The second-order valence-electron chi connectivity index (χ2n) is 5.88. The normalized spacial score (nSPS) is 15.0. The zero-order chi connectivity index (χ0) is 17.8. The van der Waals surface area contributed by atoms with Crippen LogP contribution in [-0.2, 0) is 9.59 Å². The molecule has 128 valence electrons. The van der Waals surface area contributed by atoms with Crippen molar-refractivity contribution < 1.29 is 14.4 Å². The number of urea groups is 1. The van der Waals surface area contributed by atoms with Crippen LogP contribution in [0.4, 0.5) is 4.79 Å². The highest BCUT2D eigenvalue weighted by atomic mass is 16.2. The Morgan fingerprint density at radius 3 is 2.48 bits per heavy atom. The summed E-state index contributed by atoms with van der Waals surface area (Å²) in [5.41, 5.74) is 3.07. The van der Waals surface area contributed by atoms with E-state index in [-0.39, 0.29) is 25.0 Å². The molecule has 1 fully saturated rings. The fourth-order valence-electron chi connectivity index (χ4n) is 2.88. The van der Waals surface area contributed by atoms with Gasteiger partial charge in [0.15, 0.2) is 0 Å². The highest BCUT2D eigenvalue weighted by molar-refractivity contribution is 6.04. The van der Waals surface area contributed by atoms with E-state index in [1.165, 1.54) is 0 Å². The van der Waals surface area contributed by atoms with Crippen molar-refractivity contribution in [3.05, 3.63) is 60.2 Å². The summed E-state index contributed by atoms with van der Waals surface area (Å²) in [6.07, 6.45) is 0. The Kier molecular flexibility index (Phi) is 4.79. The molecule has 0 radical (unpaired) electrons. The molecule has 0 spiro atoms. The van der Waals surface area contributed by atoms with Crippen molar-refractivity contribution in [2.24, 2.45) is 0 Å². The van der Waals surface area contributed by atoms with Crippen LogP contribution in [0.15, 0.2) is 54.6 Å². The number of nitrogens with one attached hydrogen (secondary N) is 2. The van der Waals surface area contributed by atoms with Crippen LogP contribution >= 0.6 is 0 Å². The van der Waals surface area contributed by atoms with Crippen molar-refractivity contribution in [2.75, 3.05) is 13.1 Å². The number of rotatable bonds is 5. The Bertz CT molecular complexity index is 789. The zero-order valence-corrected chi connectivity index (χ0v) is 13.9. The van der Waals surface area contributed by atoms with Crippen LogP contribution in [0, 0.1) is 0 Å². The first-order chi connectivity index (χ1) is 12.1. The highest BCUT2D eigenvalue weighted by Crippen LogP contribution is 2.27. The summed E-state index contributed by atoms with van der Waals surface area (Å²) in [7, 11) is 0. The monoisotopic (exact) mass is 337 g/mol. The van der Waals surface area contributed by atoms with Gasteiger partial charge in [-0.25, -0.2) is 4.79 Å². The third kappa shape index (κ3) is 3.68. The van der Waals surface area contributed by atoms with Crippen LogP contribution in [0.1, 0.15) is 18.5 Å². The predicted octanol–water partition coefficient (Wildman–Crippen LogP) is 2.08. The lowest BCUT2D eigenvalue weighted by Crippen LogP contribution is -2.41. The molecule has 1 unspecified atom stereocenters. The smallest absolute Gasteiger partial charge is 0.325 e. The van der Waals surface area contributed by atoms with Crippen molar-refractivity contribution in [1.82, 2.24) is 15.5 Å². The first-order valence-electron chi connectivity index (χ1n) is 8.08. The summed E-state index contributed by atoms with van der Waals surface area (Å²) >= 11 is 0. The van der Waals surface area contributed by atoms with Crippen LogP contribution in [-0.4, -0.2) is 35.8 Å². The van der Waals surface area contributed by atoms with E-state index >= 15 is 0 Å². The van der Waals surface area contributed by atoms with E-state index in [1.54, 1.807) is 0 Å². The Hall–Kier alpha value is -3.15. The van der Waals surface area contributed by atoms with Crippen LogP contribution in [0.2, 0.25) is 0 Å². The molecule has 1 aliphatic heterocycles. The molecule has 4 amide bonds. The number of amides is 4. The van der Waals surface area contributed by atoms with E-state index in [2.05, 4.69) is 10.6 Å². The molecule has 25 heavy (non-hydrogen) atoms. The molecule has 1 aliphatic rings. The number of hydrogen-bond acceptors (Lipinski definition) is 3. The maximum absolute atomic E-state index is 12.2. The molecule has 6 nitrogen and oxygen atoms in total. The Morgan fingerprint density at radius 2 is 1.80 bits per heavy atom. The van der Waals surface area contributed by atoms with Crippen molar-refractivity contribution >= 4 is 17.8 Å². The van der Waals surface area contributed by atoms with Gasteiger partial charge in [-0.1, -0.05) is 54.6 Å². The molecule has 0 saturated carbocycles. The van der Waals surface area contributed by atoms with E-state index in [0.717, 1.165) is 21.6 Å². The molecule has 2 aromatic rings. The van der Waals surface area contributed by atoms with Crippen LogP contribution in [0.3, 0.4) is 0 Å². The van der Waals surface area contributed by atoms with Gasteiger partial charge in [0.1, 0.15) is 6.54 Å². The molecule has 1 atom stereocenters. The van der Waals surface area contributed by atoms with Gasteiger partial charge in [-0.15, -0.1) is 0 Å². The summed E-state index contributed by atoms with van der Waals surface area (Å²) in [5.74, 6) is -0.766. The zero-order valence-electron chi connectivity index (χ0n) is 13.9. The highest BCUT2D eigenvalue weighted by Gasteiger charge is 2.30. The average molecular weight is 337 g/mol. The second-order valence-corrected chi connectivity index (χ2v) is 5.88. The van der Waals surface area contributed by atoms with E-state index in [0.29, 0.717) is 0 Å². The summed E-state index contributed by atoms with van der Waals surface area (Å²) in [6.45, 7) is 1.55. The Morgan fingerprint density at radius 1 is 1.12 bits per heavy atom. The van der Waals surface area contributed by atoms with Crippen molar-refractivity contribution in [2.45, 2.75) is 13.0 Å². The molecule has 0 bridgehead atoms. The standard InChI is InChI=1S/C19H19N3O3/c1-13(21-17(23)12-22-18(24)11-20-19(22)25)15-9-5-6-10-16(15)14-7-3-2-4-8-14/h2-10,13H,11-12H2,1H3,(H,20,25)(H,21,23). The van der Waals surface area contributed by atoms with Gasteiger partial charge in [0.2, 0.25) is 5.91 Å². The molecule has 1 saturated heterocycles. The van der Waals surface area contributed by atoms with E-state index in [4.69, 9.17) is 0 Å². The minimum Gasteiger partial charge on any atom is -0.348 e. The van der Waals surface area contributed by atoms with Gasteiger partial charge >= 0.3 is 6.03 Å². The maximum atomic E-state index is 12.2. The fraction of sp³-hybridized carbons (Fsp3) is 0.211. The van der Waals surface area contributed by atoms with Gasteiger partial charge in [-0.2, -0.15) is 0 Å². The van der Waals surface area contributed by atoms with Gasteiger partial charge in [0.05, 0.1) is 12.6 Å². The number of carbonyl (C=O) groups is 3. The van der Waals surface area contributed by atoms with Crippen LogP contribution in [0.25, 0.3) is 11.1 Å². The first kappa shape index (κ1) is 16.7. The van der Waals surface area contributed by atoms with Gasteiger partial charge in [-0.05, 0) is 23.6 Å². The van der Waals surface area contributed by atoms with Gasteiger partial charge in [0, 0.05) is 0 Å². The molecule has 6 heteroatoms. The maximum Gasteiger partial charge on any atom is 0.325 e. The molecular formula is C19H19N3O3. The van der Waals surface area contributed by atoms with Gasteiger partial charge in [0.25, 0.3) is 5.91 Å². The molecule has 3 rings (SSSR count). The molecule has 0 aliphatic carbocycles. The predicted molar refractivity (Wildman–Crippen MR) is 93.5 cm³/mol. The summed E-state index contributed by atoms with van der Waals surface area (Å²) in [4.78, 5) is 36.3. The third-order valence-electron chi connectivity index (χ3n) is 4.13. The fourth-order valence-corrected chi connectivity index (χ4v) is 2.88. The average Bonchev–Trinajstić information content (AvgIpc) is 2.94. The molecular weight excluding hydrogens is 318 g/mol. The van der Waals surface area contributed by atoms with Crippen molar-refractivity contribution in [1.29, 1.82) is 0 Å². The molecule has 0 aromatic heterocycles. The van der Waals surface area contributed by atoms with E-state index in [9.17, 15) is 14.4 Å². The first-order valence-corrected chi connectivity index (χ1v) is 8.08. The Balaban J connectivity index is 1.73. The minimum absolute atomic E-state index is 0.0570. The molecule has 1 heterocycles. The molecule has 2 aromatic carbocycles. The largest absolute Gasteiger partial charge is 0.348 e. The van der Waals surface area contributed by atoms with Gasteiger partial charge < -0.3 is 10.6 Å². The molecule has 2 N–H and O–H groups in total. The van der Waals surface area contributed by atoms with Crippen LogP contribution in [0.5, 0.6) is 0 Å². The quantitative estimate of drug-likeness (QED) is 0.820. The third-order valence-corrected chi connectivity index (χ3v) is 4.13. The minimum atomic E-state index is -0.530. The van der Waals surface area contributed by atoms with E-state index < -0.39 is 11.9 Å². The summed E-state index contributed by atoms with van der Waals surface area (Å²) in [6, 6.07) is 17.0. The topological polar surface area (TPSA) is 78.5 Å². The number of imide groups is 1. The number of hydrogen-bond donors (Lipinski definition) is 2. The van der Waals surface area contributed by atoms with E-state index in [1.807, 2.05) is 61.5 Å². The number of benzene rings is 2. The number of carbonyl (C=O) groups excluding carboxylic acids is 3. The summed E-state index contributed by atoms with van der Waals surface area (Å²) in [5, 5.41) is 5.26. The lowest BCUT2D eigenvalue weighted by atomic mass is 9.95. The lowest BCUT2D eigenvalue weighted by Gasteiger charge is -2.20. The van der Waals surface area contributed by atoms with Crippen molar-refractivity contribution in [3.63, 3.8) is 0 Å². The van der Waals surface area contributed by atoms with Crippen LogP contribution < -0.4 is 10.6 Å². The summed E-state index contributed by atoms with van der Waals surface area (Å²) < 4.78 is 0.